The molecule has 1 atom stereocenters. The quantitative estimate of drug-likeness (QED) is 0.780. The minimum absolute atomic E-state index is 0.698. The molecule has 5 aliphatic carbocycles. The van der Waals surface area contributed by atoms with Gasteiger partial charge in [-0.15, -0.1) is 0 Å². The third-order valence-electron chi connectivity index (χ3n) is 7.44. The number of nitrogens with one attached hydrogen (secondary N) is 1. The molecule has 5 aliphatic rings. The topological polar surface area (TPSA) is 12.0 Å². The van der Waals surface area contributed by atoms with Crippen LogP contribution in [0.15, 0.2) is 0 Å². The van der Waals surface area contributed by atoms with Crippen molar-refractivity contribution in [2.45, 2.75) is 83.6 Å². The lowest BCUT2D eigenvalue weighted by molar-refractivity contribution is -0.0709. The molecule has 0 saturated heterocycles. The van der Waals surface area contributed by atoms with E-state index in [1.165, 1.54) is 38.6 Å². The molecule has 0 aliphatic heterocycles. The number of rotatable bonds is 4. The second-order valence-electron chi connectivity index (χ2n) is 8.91. The van der Waals surface area contributed by atoms with Crippen molar-refractivity contribution in [3.8, 4) is 0 Å². The van der Waals surface area contributed by atoms with Crippen molar-refractivity contribution in [3.63, 3.8) is 0 Å². The molecule has 0 heterocycles. The molecule has 1 nitrogen and oxygen atoms in total. The van der Waals surface area contributed by atoms with E-state index in [4.69, 9.17) is 0 Å². The highest BCUT2D eigenvalue weighted by Gasteiger charge is 2.52. The third-order valence-corrected chi connectivity index (χ3v) is 7.44. The summed E-state index contributed by atoms with van der Waals surface area (Å²) in [6.45, 7) is 3.83. The van der Waals surface area contributed by atoms with Crippen LogP contribution < -0.4 is 5.32 Å². The smallest absolute Gasteiger partial charge is 0.00956 e. The van der Waals surface area contributed by atoms with Crippen LogP contribution in [0.3, 0.4) is 0 Å². The zero-order valence-corrected chi connectivity index (χ0v) is 13.4. The zero-order valence-electron chi connectivity index (χ0n) is 13.4. The molecular formula is C19H33N. The van der Waals surface area contributed by atoms with E-state index in [0.29, 0.717) is 5.41 Å². The lowest BCUT2D eigenvalue weighted by atomic mass is 9.48. The molecule has 1 unspecified atom stereocenters. The van der Waals surface area contributed by atoms with Crippen LogP contribution in [-0.4, -0.2) is 12.6 Å². The van der Waals surface area contributed by atoms with Crippen molar-refractivity contribution in [1.29, 1.82) is 0 Å². The molecule has 5 fully saturated rings. The van der Waals surface area contributed by atoms with Crippen LogP contribution >= 0.6 is 0 Å². The second-order valence-corrected chi connectivity index (χ2v) is 8.91. The van der Waals surface area contributed by atoms with E-state index < -0.39 is 0 Å². The first kappa shape index (κ1) is 13.6. The Morgan fingerprint density at radius 1 is 0.900 bits per heavy atom. The minimum atomic E-state index is 0.698. The predicted octanol–water partition coefficient (Wildman–Crippen LogP) is 4.76. The Morgan fingerprint density at radius 3 is 2.00 bits per heavy atom. The summed E-state index contributed by atoms with van der Waals surface area (Å²) >= 11 is 0. The van der Waals surface area contributed by atoms with Crippen LogP contribution in [0.4, 0.5) is 0 Å². The Hall–Kier alpha value is -0.0400. The van der Waals surface area contributed by atoms with Gasteiger partial charge in [0.1, 0.15) is 0 Å². The summed E-state index contributed by atoms with van der Waals surface area (Å²) < 4.78 is 0. The van der Waals surface area contributed by atoms with Crippen LogP contribution in [0.1, 0.15) is 77.6 Å². The van der Waals surface area contributed by atoms with Crippen molar-refractivity contribution in [3.05, 3.63) is 0 Å². The van der Waals surface area contributed by atoms with Gasteiger partial charge in [0.2, 0.25) is 0 Å². The van der Waals surface area contributed by atoms with Gasteiger partial charge in [-0.1, -0.05) is 19.3 Å². The molecule has 0 aromatic carbocycles. The van der Waals surface area contributed by atoms with Crippen molar-refractivity contribution in [1.82, 2.24) is 5.32 Å². The minimum Gasteiger partial charge on any atom is -0.313 e. The van der Waals surface area contributed by atoms with Crippen molar-refractivity contribution < 1.29 is 0 Å². The van der Waals surface area contributed by atoms with Crippen LogP contribution in [0.25, 0.3) is 0 Å². The van der Waals surface area contributed by atoms with Crippen LogP contribution in [-0.2, 0) is 0 Å². The Balaban J connectivity index is 1.36. The maximum Gasteiger partial charge on any atom is 0.00956 e. The fraction of sp³-hybridized carbons (Fsp3) is 1.00. The van der Waals surface area contributed by atoms with Crippen molar-refractivity contribution in [2.24, 2.45) is 29.1 Å². The summed E-state index contributed by atoms with van der Waals surface area (Å²) in [5.41, 5.74) is 0.698. The zero-order chi connectivity index (χ0) is 13.6. The van der Waals surface area contributed by atoms with E-state index in [0.717, 1.165) is 29.7 Å². The van der Waals surface area contributed by atoms with Gasteiger partial charge in [-0.3, -0.25) is 0 Å². The molecule has 0 amide bonds. The summed E-state index contributed by atoms with van der Waals surface area (Å²) in [5, 5.41) is 4.01. The lowest BCUT2D eigenvalue weighted by Gasteiger charge is -2.59. The standard InChI is InChI=1S/C19H33N/c1-14(20-13-15-5-3-2-4-6-15)19-10-16-7-17(11-19)9-18(8-16)12-19/h14-18,20H,2-13H2,1H3. The monoisotopic (exact) mass is 275 g/mol. The van der Waals surface area contributed by atoms with E-state index in [9.17, 15) is 0 Å². The molecular weight excluding hydrogens is 242 g/mol. The van der Waals surface area contributed by atoms with E-state index in [-0.39, 0.29) is 0 Å². The fourth-order valence-corrected chi connectivity index (χ4v) is 6.66. The molecule has 5 saturated carbocycles. The Labute approximate surface area is 125 Å². The fourth-order valence-electron chi connectivity index (χ4n) is 6.66. The lowest BCUT2D eigenvalue weighted by Crippen LogP contribution is -2.55. The summed E-state index contributed by atoms with van der Waals surface area (Å²) in [7, 11) is 0. The largest absolute Gasteiger partial charge is 0.313 e. The number of hydrogen-bond donors (Lipinski definition) is 1. The molecule has 5 rings (SSSR count). The summed E-state index contributed by atoms with van der Waals surface area (Å²) in [6, 6.07) is 0.776. The Bertz CT molecular complexity index is 306. The molecule has 1 heteroatoms. The van der Waals surface area contributed by atoms with E-state index in [1.807, 2.05) is 0 Å². The van der Waals surface area contributed by atoms with Gasteiger partial charge < -0.3 is 5.32 Å². The molecule has 1 N–H and O–H groups in total. The van der Waals surface area contributed by atoms with Gasteiger partial charge in [-0.05, 0) is 93.9 Å². The molecule has 0 aromatic rings. The van der Waals surface area contributed by atoms with Gasteiger partial charge in [-0.25, -0.2) is 0 Å². The van der Waals surface area contributed by atoms with Crippen LogP contribution in [0, 0.1) is 29.1 Å². The maximum absolute atomic E-state index is 4.01. The molecule has 0 aromatic heterocycles. The van der Waals surface area contributed by atoms with Gasteiger partial charge in [0.25, 0.3) is 0 Å². The van der Waals surface area contributed by atoms with Gasteiger partial charge in [0.05, 0.1) is 0 Å². The first-order chi connectivity index (χ1) is 9.73. The average Bonchev–Trinajstić information content (AvgIpc) is 2.44. The van der Waals surface area contributed by atoms with E-state index in [2.05, 4.69) is 12.2 Å². The highest BCUT2D eigenvalue weighted by molar-refractivity contribution is 5.05. The van der Waals surface area contributed by atoms with Crippen molar-refractivity contribution in [2.75, 3.05) is 6.54 Å². The Morgan fingerprint density at radius 2 is 1.45 bits per heavy atom. The SMILES string of the molecule is CC(NCC1CCCCC1)C12CC3CC(CC(C3)C1)C2. The number of hydrogen-bond acceptors (Lipinski definition) is 1. The summed E-state index contributed by atoms with van der Waals surface area (Å²) in [5.74, 6) is 4.28. The van der Waals surface area contributed by atoms with Gasteiger partial charge in [-0.2, -0.15) is 0 Å². The molecule has 20 heavy (non-hydrogen) atoms. The van der Waals surface area contributed by atoms with Gasteiger partial charge in [0, 0.05) is 6.04 Å². The summed E-state index contributed by atoms with van der Waals surface area (Å²) in [4.78, 5) is 0. The highest BCUT2D eigenvalue weighted by Crippen LogP contribution is 2.61. The molecule has 114 valence electrons. The van der Waals surface area contributed by atoms with E-state index in [1.54, 1.807) is 38.5 Å². The van der Waals surface area contributed by atoms with Gasteiger partial charge in [0.15, 0.2) is 0 Å². The molecule has 0 spiro atoms. The average molecular weight is 275 g/mol. The van der Waals surface area contributed by atoms with Gasteiger partial charge >= 0.3 is 0 Å². The molecule has 4 bridgehead atoms. The van der Waals surface area contributed by atoms with Crippen molar-refractivity contribution >= 4 is 0 Å². The van der Waals surface area contributed by atoms with Crippen LogP contribution in [0.2, 0.25) is 0 Å². The summed E-state index contributed by atoms with van der Waals surface area (Å²) in [6.07, 6.45) is 16.8. The first-order valence-corrected chi connectivity index (χ1v) is 9.47. The van der Waals surface area contributed by atoms with E-state index >= 15 is 0 Å². The normalized spacial score (nSPS) is 45.8. The highest BCUT2D eigenvalue weighted by atomic mass is 14.9. The molecule has 0 radical (unpaired) electrons. The third kappa shape index (κ3) is 2.45. The van der Waals surface area contributed by atoms with Crippen LogP contribution in [0.5, 0.6) is 0 Å². The second kappa shape index (κ2) is 5.30. The maximum atomic E-state index is 4.01. The Kier molecular flexibility index (Phi) is 3.61. The predicted molar refractivity (Wildman–Crippen MR) is 84.6 cm³/mol. The first-order valence-electron chi connectivity index (χ1n) is 9.47.